The normalized spacial score (nSPS) is 15.8. The van der Waals surface area contributed by atoms with Gasteiger partial charge in [0.05, 0.1) is 5.41 Å². The molecule has 0 spiro atoms. The average molecular weight is 349 g/mol. The van der Waals surface area contributed by atoms with E-state index in [1.54, 1.807) is 45.2 Å². The number of benzene rings is 1. The molecule has 7 nitrogen and oxygen atoms in total. The molecule has 1 amide bonds. The van der Waals surface area contributed by atoms with E-state index in [0.29, 0.717) is 11.4 Å². The standard InChI is InChI=1S/C16H19N3O4S/c1-10-14(11(2)23-18-10)24(21,22)19-13-6-4-12(5-7-13)16(8-9-16)15(20)17-3/h4-7,19H,8-9H2,1-3H3,(H,17,20). The maximum atomic E-state index is 12.5. The summed E-state index contributed by atoms with van der Waals surface area (Å²) < 4.78 is 32.4. The number of sulfonamides is 1. The summed E-state index contributed by atoms with van der Waals surface area (Å²) in [4.78, 5) is 12.1. The van der Waals surface area contributed by atoms with Crippen LogP contribution in [0.25, 0.3) is 0 Å². The van der Waals surface area contributed by atoms with Crippen molar-refractivity contribution < 1.29 is 17.7 Å². The maximum absolute atomic E-state index is 12.5. The topological polar surface area (TPSA) is 101 Å². The van der Waals surface area contributed by atoms with Crippen LogP contribution in [0.1, 0.15) is 29.9 Å². The molecule has 1 aliphatic rings. The molecule has 128 valence electrons. The monoisotopic (exact) mass is 349 g/mol. The number of amides is 1. The zero-order valence-electron chi connectivity index (χ0n) is 13.7. The van der Waals surface area contributed by atoms with Gasteiger partial charge < -0.3 is 9.84 Å². The zero-order chi connectivity index (χ0) is 17.5. The third kappa shape index (κ3) is 2.66. The van der Waals surface area contributed by atoms with Crippen LogP contribution in [0.2, 0.25) is 0 Å². The number of aryl methyl sites for hydroxylation is 2. The summed E-state index contributed by atoms with van der Waals surface area (Å²) in [6.45, 7) is 3.13. The van der Waals surface area contributed by atoms with E-state index in [0.717, 1.165) is 18.4 Å². The highest BCUT2D eigenvalue weighted by atomic mass is 32.2. The van der Waals surface area contributed by atoms with Crippen LogP contribution in [0.15, 0.2) is 33.7 Å². The molecule has 8 heteroatoms. The highest BCUT2D eigenvalue weighted by Crippen LogP contribution is 2.48. The predicted octanol–water partition coefficient (Wildman–Crippen LogP) is 1.87. The summed E-state index contributed by atoms with van der Waals surface area (Å²) in [5.41, 5.74) is 1.16. The number of rotatable bonds is 5. The molecule has 24 heavy (non-hydrogen) atoms. The summed E-state index contributed by atoms with van der Waals surface area (Å²) in [5.74, 6) is 0.236. The van der Waals surface area contributed by atoms with Gasteiger partial charge in [0.2, 0.25) is 5.91 Å². The van der Waals surface area contributed by atoms with Crippen molar-refractivity contribution in [3.8, 4) is 0 Å². The number of likely N-dealkylation sites (N-methyl/N-ethyl adjacent to an activating group) is 1. The number of carbonyl (C=O) groups is 1. The molecular formula is C16H19N3O4S. The molecule has 2 aromatic rings. The summed E-state index contributed by atoms with van der Waals surface area (Å²) in [5, 5.41) is 6.35. The molecule has 1 aliphatic carbocycles. The van der Waals surface area contributed by atoms with Gasteiger partial charge in [-0.25, -0.2) is 8.42 Å². The summed E-state index contributed by atoms with van der Waals surface area (Å²) in [6.07, 6.45) is 1.60. The van der Waals surface area contributed by atoms with Gasteiger partial charge in [0.15, 0.2) is 10.7 Å². The average Bonchev–Trinajstić information content (AvgIpc) is 3.27. The van der Waals surface area contributed by atoms with E-state index >= 15 is 0 Å². The summed E-state index contributed by atoms with van der Waals surface area (Å²) in [6, 6.07) is 6.89. The van der Waals surface area contributed by atoms with Crippen molar-refractivity contribution in [1.29, 1.82) is 0 Å². The number of anilines is 1. The molecule has 0 aliphatic heterocycles. The minimum absolute atomic E-state index is 0.00782. The fourth-order valence-corrected chi connectivity index (χ4v) is 4.32. The Morgan fingerprint density at radius 1 is 1.21 bits per heavy atom. The van der Waals surface area contributed by atoms with Crippen molar-refractivity contribution in [2.24, 2.45) is 0 Å². The molecule has 3 rings (SSSR count). The predicted molar refractivity (Wildman–Crippen MR) is 88.2 cm³/mol. The molecule has 1 fully saturated rings. The van der Waals surface area contributed by atoms with Crippen LogP contribution in [-0.2, 0) is 20.2 Å². The zero-order valence-corrected chi connectivity index (χ0v) is 14.5. The Balaban J connectivity index is 1.84. The molecular weight excluding hydrogens is 330 g/mol. The number of aromatic nitrogens is 1. The Morgan fingerprint density at radius 2 is 1.83 bits per heavy atom. The van der Waals surface area contributed by atoms with Gasteiger partial charge in [-0.1, -0.05) is 17.3 Å². The highest BCUT2D eigenvalue weighted by molar-refractivity contribution is 7.92. The molecule has 1 aromatic heterocycles. The largest absolute Gasteiger partial charge is 0.360 e. The van der Waals surface area contributed by atoms with Crippen LogP contribution in [0.5, 0.6) is 0 Å². The summed E-state index contributed by atoms with van der Waals surface area (Å²) >= 11 is 0. The van der Waals surface area contributed by atoms with Crippen LogP contribution >= 0.6 is 0 Å². The first-order chi connectivity index (χ1) is 11.3. The van der Waals surface area contributed by atoms with Crippen molar-refractivity contribution in [1.82, 2.24) is 10.5 Å². The third-order valence-electron chi connectivity index (χ3n) is 4.34. The van der Waals surface area contributed by atoms with E-state index in [9.17, 15) is 13.2 Å². The fraction of sp³-hybridized carbons (Fsp3) is 0.375. The maximum Gasteiger partial charge on any atom is 0.267 e. The van der Waals surface area contributed by atoms with Crippen molar-refractivity contribution in [3.05, 3.63) is 41.3 Å². The van der Waals surface area contributed by atoms with Crippen molar-refractivity contribution in [3.63, 3.8) is 0 Å². The van der Waals surface area contributed by atoms with Gasteiger partial charge in [-0.2, -0.15) is 0 Å². The van der Waals surface area contributed by atoms with Crippen LogP contribution in [0, 0.1) is 13.8 Å². The molecule has 0 saturated heterocycles. The van der Waals surface area contributed by atoms with E-state index < -0.39 is 15.4 Å². The molecule has 1 saturated carbocycles. The van der Waals surface area contributed by atoms with Gasteiger partial charge in [-0.3, -0.25) is 9.52 Å². The Morgan fingerprint density at radius 3 is 2.29 bits per heavy atom. The van der Waals surface area contributed by atoms with Crippen molar-refractivity contribution >= 4 is 21.6 Å². The van der Waals surface area contributed by atoms with Crippen molar-refractivity contribution in [2.75, 3.05) is 11.8 Å². The Labute approximate surface area is 140 Å². The quantitative estimate of drug-likeness (QED) is 0.858. The molecule has 2 N–H and O–H groups in total. The van der Waals surface area contributed by atoms with Crippen molar-refractivity contribution in [2.45, 2.75) is 37.0 Å². The Bertz CT molecular complexity index is 861. The van der Waals surface area contributed by atoms with Gasteiger partial charge in [-0.05, 0) is 44.4 Å². The van der Waals surface area contributed by atoms with E-state index in [1.165, 1.54) is 0 Å². The molecule has 1 aromatic carbocycles. The number of carbonyl (C=O) groups excluding carboxylic acids is 1. The highest BCUT2D eigenvalue weighted by Gasteiger charge is 2.50. The summed E-state index contributed by atoms with van der Waals surface area (Å²) in [7, 11) is -2.15. The van der Waals surface area contributed by atoms with E-state index in [4.69, 9.17) is 4.52 Å². The lowest BCUT2D eigenvalue weighted by Crippen LogP contribution is -2.31. The minimum atomic E-state index is -3.77. The van der Waals surface area contributed by atoms with Gasteiger partial charge in [-0.15, -0.1) is 0 Å². The smallest absolute Gasteiger partial charge is 0.267 e. The number of hydrogen-bond donors (Lipinski definition) is 2. The van der Waals surface area contributed by atoms with Gasteiger partial charge in [0.25, 0.3) is 10.0 Å². The second kappa shape index (κ2) is 5.62. The number of nitrogens with zero attached hydrogens (tertiary/aromatic N) is 1. The lowest BCUT2D eigenvalue weighted by Gasteiger charge is -2.15. The van der Waals surface area contributed by atoms with E-state index in [-0.39, 0.29) is 16.6 Å². The lowest BCUT2D eigenvalue weighted by atomic mass is 9.95. The van der Waals surface area contributed by atoms with Crippen LogP contribution < -0.4 is 10.0 Å². The van der Waals surface area contributed by atoms with Gasteiger partial charge in [0.1, 0.15) is 5.69 Å². The number of nitrogens with one attached hydrogen (secondary N) is 2. The first-order valence-corrected chi connectivity index (χ1v) is 9.07. The van der Waals surface area contributed by atoms with E-state index in [1.807, 2.05) is 0 Å². The van der Waals surface area contributed by atoms with Gasteiger partial charge in [0, 0.05) is 12.7 Å². The first kappa shape index (κ1) is 16.5. The third-order valence-corrected chi connectivity index (χ3v) is 5.96. The molecule has 0 unspecified atom stereocenters. The SMILES string of the molecule is CNC(=O)C1(c2ccc(NS(=O)(=O)c3c(C)noc3C)cc2)CC1. The lowest BCUT2D eigenvalue weighted by molar-refractivity contribution is -0.123. The molecule has 1 heterocycles. The molecule has 0 bridgehead atoms. The van der Waals surface area contributed by atoms with E-state index in [2.05, 4.69) is 15.2 Å². The minimum Gasteiger partial charge on any atom is -0.360 e. The van der Waals surface area contributed by atoms with Crippen LogP contribution in [0.4, 0.5) is 5.69 Å². The van der Waals surface area contributed by atoms with Crippen LogP contribution in [-0.4, -0.2) is 26.5 Å². The first-order valence-electron chi connectivity index (χ1n) is 7.58. The molecule has 0 atom stereocenters. The Hall–Kier alpha value is -2.35. The Kier molecular flexibility index (Phi) is 3.87. The van der Waals surface area contributed by atoms with Gasteiger partial charge >= 0.3 is 0 Å². The second-order valence-electron chi connectivity index (χ2n) is 6.00. The number of hydrogen-bond acceptors (Lipinski definition) is 5. The van der Waals surface area contributed by atoms with Crippen LogP contribution in [0.3, 0.4) is 0 Å². The fourth-order valence-electron chi connectivity index (χ4n) is 2.93. The second-order valence-corrected chi connectivity index (χ2v) is 7.62. The molecule has 0 radical (unpaired) electrons.